The third-order valence-electron chi connectivity index (χ3n) is 4.27. The summed E-state index contributed by atoms with van der Waals surface area (Å²) < 4.78 is 6.59. The predicted molar refractivity (Wildman–Crippen MR) is 114 cm³/mol. The first-order valence-electron chi connectivity index (χ1n) is 9.17. The summed E-state index contributed by atoms with van der Waals surface area (Å²) in [7, 11) is 1.61. The minimum atomic E-state index is -0.488. The highest BCUT2D eigenvalue weighted by Crippen LogP contribution is 2.18. The molecule has 0 unspecified atom stereocenters. The average molecular weight is 390 g/mol. The highest BCUT2D eigenvalue weighted by molar-refractivity contribution is 6.04. The molecule has 148 valence electrons. The summed E-state index contributed by atoms with van der Waals surface area (Å²) in [5, 5.41) is 9.13. The van der Waals surface area contributed by atoms with Gasteiger partial charge in [0.15, 0.2) is 5.69 Å². The summed E-state index contributed by atoms with van der Waals surface area (Å²) >= 11 is 0. The monoisotopic (exact) mass is 390 g/mol. The van der Waals surface area contributed by atoms with Crippen LogP contribution in [0.5, 0.6) is 5.75 Å². The number of carbonyl (C=O) groups excluding carboxylic acids is 1. The van der Waals surface area contributed by atoms with Gasteiger partial charge in [-0.05, 0) is 38.1 Å². The lowest BCUT2D eigenvalue weighted by atomic mass is 10.1. The van der Waals surface area contributed by atoms with E-state index in [1.807, 2.05) is 44.2 Å². The van der Waals surface area contributed by atoms with Gasteiger partial charge in [0.05, 0.1) is 18.5 Å². The molecule has 29 heavy (non-hydrogen) atoms. The number of methoxy groups -OCH3 is 1. The van der Waals surface area contributed by atoms with Crippen molar-refractivity contribution in [2.45, 2.75) is 19.9 Å². The average Bonchev–Trinajstić information content (AvgIpc) is 2.73. The number of carbonyl (C=O) groups is 1. The Bertz CT molecular complexity index is 1150. The molecule has 0 radical (unpaired) electrons. The van der Waals surface area contributed by atoms with Crippen molar-refractivity contribution in [2.75, 3.05) is 7.11 Å². The molecule has 7 nitrogen and oxygen atoms in total. The van der Waals surface area contributed by atoms with Crippen LogP contribution in [0.15, 0.2) is 64.5 Å². The fourth-order valence-electron chi connectivity index (χ4n) is 2.87. The largest absolute Gasteiger partial charge is 0.496 e. The van der Waals surface area contributed by atoms with Crippen molar-refractivity contribution in [3.63, 3.8) is 0 Å². The number of aromatic nitrogens is 2. The van der Waals surface area contributed by atoms with E-state index < -0.39 is 5.91 Å². The minimum absolute atomic E-state index is 0.153. The van der Waals surface area contributed by atoms with E-state index >= 15 is 0 Å². The molecule has 3 rings (SSSR count). The lowest BCUT2D eigenvalue weighted by Crippen LogP contribution is -2.30. The first-order chi connectivity index (χ1) is 14.0. The molecule has 0 saturated heterocycles. The van der Waals surface area contributed by atoms with E-state index in [4.69, 9.17) is 4.74 Å². The van der Waals surface area contributed by atoms with E-state index in [2.05, 4.69) is 15.6 Å². The molecule has 0 aliphatic carbocycles. The minimum Gasteiger partial charge on any atom is -0.496 e. The summed E-state index contributed by atoms with van der Waals surface area (Å²) in [6.45, 7) is 3.68. The van der Waals surface area contributed by atoms with Crippen LogP contribution in [-0.2, 0) is 0 Å². The standard InChI is InChI=1S/C22H22N4O3/c1-15(2)26-22(28)18-12-6-5-11-17(18)20(25-26)21(27)24-23-14-8-10-16-9-4-7-13-19(16)29-3/h4-15H,1-3H3,(H,24,27)/b10-8+,23-14+. The molecule has 0 saturated carbocycles. The Labute approximate surface area is 168 Å². The number of benzene rings is 2. The molecular weight excluding hydrogens is 368 g/mol. The normalized spacial score (nSPS) is 11.6. The second kappa shape index (κ2) is 8.97. The maximum atomic E-state index is 12.6. The van der Waals surface area contributed by atoms with Crippen LogP contribution in [0.4, 0.5) is 0 Å². The second-order valence-electron chi connectivity index (χ2n) is 6.56. The molecule has 0 atom stereocenters. The Hall–Kier alpha value is -3.74. The van der Waals surface area contributed by atoms with Gasteiger partial charge in [0, 0.05) is 17.2 Å². The second-order valence-corrected chi connectivity index (χ2v) is 6.56. The van der Waals surface area contributed by atoms with Crippen LogP contribution >= 0.6 is 0 Å². The summed E-state index contributed by atoms with van der Waals surface area (Å²) in [6.07, 6.45) is 4.98. The van der Waals surface area contributed by atoms with E-state index in [-0.39, 0.29) is 17.3 Å². The van der Waals surface area contributed by atoms with Crippen molar-refractivity contribution in [3.05, 3.63) is 76.2 Å². The third kappa shape index (κ3) is 4.40. The maximum Gasteiger partial charge on any atom is 0.292 e. The van der Waals surface area contributed by atoms with Crippen LogP contribution in [-0.4, -0.2) is 29.0 Å². The molecule has 1 heterocycles. The van der Waals surface area contributed by atoms with Crippen LogP contribution in [0, 0.1) is 0 Å². The van der Waals surface area contributed by atoms with Crippen LogP contribution < -0.4 is 15.7 Å². The van der Waals surface area contributed by atoms with Gasteiger partial charge in [0.2, 0.25) is 0 Å². The Kier molecular flexibility index (Phi) is 6.19. The van der Waals surface area contributed by atoms with E-state index in [0.29, 0.717) is 10.8 Å². The number of amides is 1. The number of nitrogens with one attached hydrogen (secondary N) is 1. The zero-order valence-corrected chi connectivity index (χ0v) is 16.5. The van der Waals surface area contributed by atoms with E-state index in [1.165, 1.54) is 10.9 Å². The highest BCUT2D eigenvalue weighted by Gasteiger charge is 2.17. The van der Waals surface area contributed by atoms with Gasteiger partial charge in [-0.15, -0.1) is 0 Å². The van der Waals surface area contributed by atoms with Crippen LogP contribution in [0.2, 0.25) is 0 Å². The first kappa shape index (κ1) is 20.0. The topological polar surface area (TPSA) is 85.6 Å². The lowest BCUT2D eigenvalue weighted by Gasteiger charge is -2.12. The van der Waals surface area contributed by atoms with Crippen molar-refractivity contribution < 1.29 is 9.53 Å². The fraction of sp³-hybridized carbons (Fsp3) is 0.182. The molecule has 0 aliphatic rings. The highest BCUT2D eigenvalue weighted by atomic mass is 16.5. The van der Waals surface area contributed by atoms with Gasteiger partial charge in [-0.25, -0.2) is 10.1 Å². The van der Waals surface area contributed by atoms with Crippen LogP contribution in [0.1, 0.15) is 35.9 Å². The molecule has 7 heteroatoms. The number of allylic oxidation sites excluding steroid dienone is 1. The summed E-state index contributed by atoms with van der Waals surface area (Å²) in [6, 6.07) is 14.3. The van der Waals surface area contributed by atoms with Crippen LogP contribution in [0.3, 0.4) is 0 Å². The Morgan fingerprint density at radius 2 is 1.83 bits per heavy atom. The number of hydrogen-bond donors (Lipinski definition) is 1. The van der Waals surface area contributed by atoms with Crippen molar-refractivity contribution in [1.29, 1.82) is 0 Å². The predicted octanol–water partition coefficient (Wildman–Crippen LogP) is 3.42. The zero-order chi connectivity index (χ0) is 20.8. The Balaban J connectivity index is 1.81. The summed E-state index contributed by atoms with van der Waals surface area (Å²) in [5.74, 6) is 0.255. The Morgan fingerprint density at radius 1 is 1.14 bits per heavy atom. The van der Waals surface area contributed by atoms with Crippen molar-refractivity contribution in [3.8, 4) is 5.75 Å². The van der Waals surface area contributed by atoms with Gasteiger partial charge in [0.25, 0.3) is 11.5 Å². The molecule has 2 aromatic carbocycles. The van der Waals surface area contributed by atoms with E-state index in [1.54, 1.807) is 37.5 Å². The van der Waals surface area contributed by atoms with Gasteiger partial charge in [0.1, 0.15) is 5.75 Å². The Morgan fingerprint density at radius 3 is 2.55 bits per heavy atom. The molecule has 3 aromatic rings. The number of hydrazone groups is 1. The number of fused-ring (bicyclic) bond motifs is 1. The summed E-state index contributed by atoms with van der Waals surface area (Å²) in [5.41, 5.74) is 3.28. The van der Waals surface area contributed by atoms with Gasteiger partial charge in [-0.2, -0.15) is 10.2 Å². The van der Waals surface area contributed by atoms with Gasteiger partial charge in [-0.1, -0.05) is 36.4 Å². The smallest absolute Gasteiger partial charge is 0.292 e. The first-order valence-corrected chi connectivity index (χ1v) is 9.17. The molecular formula is C22H22N4O3. The van der Waals surface area contributed by atoms with Crippen molar-refractivity contribution >= 4 is 29.0 Å². The SMILES string of the molecule is COc1ccccc1/C=C/C=N/NC(=O)c1nn(C(C)C)c(=O)c2ccccc12. The molecule has 1 amide bonds. The lowest BCUT2D eigenvalue weighted by molar-refractivity contribution is 0.0949. The van der Waals surface area contributed by atoms with Gasteiger partial charge < -0.3 is 4.74 Å². The van der Waals surface area contributed by atoms with Crippen LogP contribution in [0.25, 0.3) is 16.8 Å². The molecule has 0 aliphatic heterocycles. The number of nitrogens with zero attached hydrogens (tertiary/aromatic N) is 3. The molecule has 1 N–H and O–H groups in total. The quantitative estimate of drug-likeness (QED) is 0.516. The zero-order valence-electron chi connectivity index (χ0n) is 16.5. The van der Waals surface area contributed by atoms with E-state index in [0.717, 1.165) is 11.3 Å². The third-order valence-corrected chi connectivity index (χ3v) is 4.27. The number of ether oxygens (including phenoxy) is 1. The van der Waals surface area contributed by atoms with E-state index in [9.17, 15) is 9.59 Å². The molecule has 0 fully saturated rings. The van der Waals surface area contributed by atoms with Crippen molar-refractivity contribution in [2.24, 2.45) is 5.10 Å². The fourth-order valence-corrected chi connectivity index (χ4v) is 2.87. The summed E-state index contributed by atoms with van der Waals surface area (Å²) in [4.78, 5) is 25.2. The number of hydrogen-bond acceptors (Lipinski definition) is 5. The molecule has 1 aromatic heterocycles. The number of para-hydroxylation sites is 1. The number of rotatable bonds is 6. The van der Waals surface area contributed by atoms with Crippen molar-refractivity contribution in [1.82, 2.24) is 15.2 Å². The van der Waals surface area contributed by atoms with Gasteiger partial charge >= 0.3 is 0 Å². The maximum absolute atomic E-state index is 12.6. The van der Waals surface area contributed by atoms with Gasteiger partial charge in [-0.3, -0.25) is 9.59 Å². The molecule has 0 spiro atoms. The molecule has 0 bridgehead atoms.